The van der Waals surface area contributed by atoms with Gasteiger partial charge in [0.25, 0.3) is 6.43 Å². The summed E-state index contributed by atoms with van der Waals surface area (Å²) in [5, 5.41) is 0. The SMILES string of the molecule is Nc1cnc(Br)c(C(F)F)c1N. The standard InChI is InChI=1S/C6H6BrF2N3/c7-5-3(6(8)9)4(11)2(10)1-12-5/h1,6H,10H2,(H2,11,12). The number of rotatable bonds is 1. The van der Waals surface area contributed by atoms with Crippen molar-refractivity contribution in [2.45, 2.75) is 6.43 Å². The van der Waals surface area contributed by atoms with E-state index in [-0.39, 0.29) is 21.5 Å². The van der Waals surface area contributed by atoms with Crippen molar-refractivity contribution in [1.82, 2.24) is 4.98 Å². The van der Waals surface area contributed by atoms with Gasteiger partial charge in [-0.05, 0) is 15.9 Å². The highest BCUT2D eigenvalue weighted by molar-refractivity contribution is 9.10. The Balaban J connectivity index is 3.33. The van der Waals surface area contributed by atoms with E-state index in [9.17, 15) is 8.78 Å². The molecule has 0 aromatic carbocycles. The summed E-state index contributed by atoms with van der Waals surface area (Å²) < 4.78 is 24.6. The second-order valence-electron chi connectivity index (χ2n) is 2.13. The van der Waals surface area contributed by atoms with Crippen LogP contribution >= 0.6 is 15.9 Å². The van der Waals surface area contributed by atoms with Crippen molar-refractivity contribution in [1.29, 1.82) is 0 Å². The lowest BCUT2D eigenvalue weighted by Crippen LogP contribution is -2.02. The summed E-state index contributed by atoms with van der Waals surface area (Å²) in [5.74, 6) is 0. The van der Waals surface area contributed by atoms with E-state index >= 15 is 0 Å². The molecule has 0 spiro atoms. The first-order valence-corrected chi connectivity index (χ1v) is 3.80. The van der Waals surface area contributed by atoms with Gasteiger partial charge in [-0.1, -0.05) is 0 Å². The van der Waals surface area contributed by atoms with Crippen LogP contribution in [0.4, 0.5) is 20.2 Å². The van der Waals surface area contributed by atoms with Gasteiger partial charge in [0, 0.05) is 0 Å². The van der Waals surface area contributed by atoms with Gasteiger partial charge < -0.3 is 11.5 Å². The molecule has 1 heterocycles. The maximum Gasteiger partial charge on any atom is 0.268 e. The fourth-order valence-electron chi connectivity index (χ4n) is 0.740. The number of nitrogen functional groups attached to an aromatic ring is 2. The highest BCUT2D eigenvalue weighted by atomic mass is 79.9. The quantitative estimate of drug-likeness (QED) is 0.735. The minimum atomic E-state index is -2.67. The molecular formula is C6H6BrF2N3. The largest absolute Gasteiger partial charge is 0.397 e. The van der Waals surface area contributed by atoms with Crippen LogP contribution in [0, 0.1) is 0 Å². The van der Waals surface area contributed by atoms with Crippen LogP contribution in [0.2, 0.25) is 0 Å². The first kappa shape index (κ1) is 9.18. The molecule has 1 aromatic rings. The molecule has 0 bridgehead atoms. The predicted molar refractivity (Wildman–Crippen MR) is 45.7 cm³/mol. The number of nitrogens with zero attached hydrogens (tertiary/aromatic N) is 1. The number of halogens is 3. The number of anilines is 2. The average molecular weight is 238 g/mol. The van der Waals surface area contributed by atoms with Crippen molar-refractivity contribution < 1.29 is 8.78 Å². The van der Waals surface area contributed by atoms with Crippen molar-refractivity contribution in [3.63, 3.8) is 0 Å². The molecule has 12 heavy (non-hydrogen) atoms. The minimum absolute atomic E-state index is 0.0317. The number of pyridine rings is 1. The van der Waals surface area contributed by atoms with E-state index in [2.05, 4.69) is 20.9 Å². The van der Waals surface area contributed by atoms with E-state index in [1.165, 1.54) is 6.20 Å². The number of hydrogen-bond acceptors (Lipinski definition) is 3. The van der Waals surface area contributed by atoms with Crippen LogP contribution in [0.1, 0.15) is 12.0 Å². The van der Waals surface area contributed by atoms with E-state index in [1.807, 2.05) is 0 Å². The van der Waals surface area contributed by atoms with Crippen molar-refractivity contribution >= 4 is 27.3 Å². The number of aromatic nitrogens is 1. The number of alkyl halides is 2. The molecule has 1 rings (SSSR count). The number of nitrogens with two attached hydrogens (primary N) is 2. The molecule has 0 saturated heterocycles. The molecule has 66 valence electrons. The van der Waals surface area contributed by atoms with Crippen molar-refractivity contribution in [2.75, 3.05) is 11.5 Å². The normalized spacial score (nSPS) is 10.7. The van der Waals surface area contributed by atoms with E-state index < -0.39 is 6.43 Å². The Labute approximate surface area is 75.9 Å². The Bertz CT molecular complexity index is 303. The maximum absolute atomic E-state index is 12.3. The first-order chi connectivity index (χ1) is 5.54. The van der Waals surface area contributed by atoms with Crippen LogP contribution in [0.5, 0.6) is 0 Å². The molecule has 0 atom stereocenters. The van der Waals surface area contributed by atoms with E-state index in [0.717, 1.165) is 0 Å². The minimum Gasteiger partial charge on any atom is -0.397 e. The van der Waals surface area contributed by atoms with Crippen LogP contribution in [-0.4, -0.2) is 4.98 Å². The highest BCUT2D eigenvalue weighted by Gasteiger charge is 2.17. The third-order valence-electron chi connectivity index (χ3n) is 1.36. The maximum atomic E-state index is 12.3. The monoisotopic (exact) mass is 237 g/mol. The Morgan fingerprint density at radius 3 is 2.42 bits per heavy atom. The van der Waals surface area contributed by atoms with Gasteiger partial charge in [-0.3, -0.25) is 0 Å². The highest BCUT2D eigenvalue weighted by Crippen LogP contribution is 2.33. The molecule has 6 heteroatoms. The van der Waals surface area contributed by atoms with E-state index in [1.54, 1.807) is 0 Å². The molecule has 0 aliphatic carbocycles. The molecule has 4 N–H and O–H groups in total. The zero-order valence-corrected chi connectivity index (χ0v) is 7.48. The van der Waals surface area contributed by atoms with Gasteiger partial charge in [-0.15, -0.1) is 0 Å². The molecule has 0 unspecified atom stereocenters. The Kier molecular flexibility index (Phi) is 2.46. The van der Waals surface area contributed by atoms with Gasteiger partial charge in [-0.2, -0.15) is 0 Å². The number of hydrogen-bond donors (Lipinski definition) is 2. The van der Waals surface area contributed by atoms with Gasteiger partial charge in [0.05, 0.1) is 23.1 Å². The third-order valence-corrected chi connectivity index (χ3v) is 1.99. The smallest absolute Gasteiger partial charge is 0.268 e. The van der Waals surface area contributed by atoms with Crippen LogP contribution in [0.15, 0.2) is 10.8 Å². The summed E-state index contributed by atoms with van der Waals surface area (Å²) in [7, 11) is 0. The zero-order valence-electron chi connectivity index (χ0n) is 5.89. The fourth-order valence-corrected chi connectivity index (χ4v) is 1.23. The molecule has 0 amide bonds. The molecular weight excluding hydrogens is 232 g/mol. The van der Waals surface area contributed by atoms with Gasteiger partial charge in [0.2, 0.25) is 0 Å². The third kappa shape index (κ3) is 1.47. The molecule has 0 aliphatic heterocycles. The molecule has 1 aromatic heterocycles. The van der Waals surface area contributed by atoms with Gasteiger partial charge >= 0.3 is 0 Å². The summed E-state index contributed by atoms with van der Waals surface area (Å²) in [6.07, 6.45) is -1.44. The topological polar surface area (TPSA) is 64.9 Å². The Morgan fingerprint density at radius 1 is 1.42 bits per heavy atom. The first-order valence-electron chi connectivity index (χ1n) is 3.01. The second-order valence-corrected chi connectivity index (χ2v) is 2.88. The van der Waals surface area contributed by atoms with Crippen molar-refractivity contribution in [3.8, 4) is 0 Å². The summed E-state index contributed by atoms with van der Waals surface area (Å²) >= 11 is 2.86. The van der Waals surface area contributed by atoms with Crippen LogP contribution in [-0.2, 0) is 0 Å². The van der Waals surface area contributed by atoms with Crippen LogP contribution in [0.3, 0.4) is 0 Å². The van der Waals surface area contributed by atoms with Gasteiger partial charge in [0.15, 0.2) is 0 Å². The lowest BCUT2D eigenvalue weighted by atomic mass is 10.2. The van der Waals surface area contributed by atoms with E-state index in [0.29, 0.717) is 0 Å². The van der Waals surface area contributed by atoms with Crippen LogP contribution < -0.4 is 11.5 Å². The molecule has 0 radical (unpaired) electrons. The lowest BCUT2D eigenvalue weighted by Gasteiger charge is -2.07. The van der Waals surface area contributed by atoms with Crippen molar-refractivity contribution in [2.24, 2.45) is 0 Å². The zero-order chi connectivity index (χ0) is 9.30. The van der Waals surface area contributed by atoms with E-state index in [4.69, 9.17) is 11.5 Å². The predicted octanol–water partition coefficient (Wildman–Crippen LogP) is 1.95. The molecule has 0 saturated carbocycles. The summed E-state index contributed by atoms with van der Waals surface area (Å²) in [4.78, 5) is 3.59. The fraction of sp³-hybridized carbons (Fsp3) is 0.167. The van der Waals surface area contributed by atoms with Crippen LogP contribution in [0.25, 0.3) is 0 Å². The molecule has 0 aliphatic rings. The summed E-state index contributed by atoms with van der Waals surface area (Å²) in [6, 6.07) is 0. The average Bonchev–Trinajstić information content (AvgIpc) is 1.97. The Morgan fingerprint density at radius 2 is 2.00 bits per heavy atom. The van der Waals surface area contributed by atoms with Gasteiger partial charge in [0.1, 0.15) is 4.60 Å². The summed E-state index contributed by atoms with van der Waals surface area (Å²) in [5.41, 5.74) is 10.2. The van der Waals surface area contributed by atoms with Crippen molar-refractivity contribution in [3.05, 3.63) is 16.4 Å². The molecule has 0 fully saturated rings. The van der Waals surface area contributed by atoms with Gasteiger partial charge in [-0.25, -0.2) is 13.8 Å². The second kappa shape index (κ2) is 3.22. The lowest BCUT2D eigenvalue weighted by molar-refractivity contribution is 0.151. The summed E-state index contributed by atoms with van der Waals surface area (Å²) in [6.45, 7) is 0. The Hall–Kier alpha value is -0.910. The molecule has 3 nitrogen and oxygen atoms in total.